The lowest BCUT2D eigenvalue weighted by atomic mass is 10.2. The fraction of sp³-hybridized carbons (Fsp3) is 0.278. The average molecular weight is 376 g/mol. The Morgan fingerprint density at radius 3 is 2.78 bits per heavy atom. The SMILES string of the molecule is O=C(Nc1ccccc1)c1ccc(OC[C@H]2CCCO2)c(Br)c1. The fourth-order valence-electron chi connectivity index (χ4n) is 2.44. The molecule has 23 heavy (non-hydrogen) atoms. The first-order chi connectivity index (χ1) is 11.2. The molecule has 4 nitrogen and oxygen atoms in total. The number of carbonyl (C=O) groups excluding carboxylic acids is 1. The molecule has 2 aromatic rings. The summed E-state index contributed by atoms with van der Waals surface area (Å²) in [5.41, 5.74) is 1.34. The number of para-hydroxylation sites is 1. The summed E-state index contributed by atoms with van der Waals surface area (Å²) in [4.78, 5) is 12.3. The topological polar surface area (TPSA) is 47.6 Å². The van der Waals surface area contributed by atoms with Gasteiger partial charge in [-0.25, -0.2) is 0 Å². The third-order valence-corrected chi connectivity index (χ3v) is 4.29. The highest BCUT2D eigenvalue weighted by atomic mass is 79.9. The van der Waals surface area contributed by atoms with Crippen molar-refractivity contribution in [2.75, 3.05) is 18.5 Å². The number of anilines is 1. The molecule has 1 aliphatic rings. The Kier molecular flexibility index (Phi) is 5.31. The van der Waals surface area contributed by atoms with Gasteiger partial charge in [0.25, 0.3) is 5.91 Å². The van der Waals surface area contributed by atoms with Crippen LogP contribution in [0.5, 0.6) is 5.75 Å². The smallest absolute Gasteiger partial charge is 0.255 e. The first-order valence-electron chi connectivity index (χ1n) is 7.63. The number of amides is 1. The number of halogens is 1. The minimum absolute atomic E-state index is 0.150. The number of rotatable bonds is 5. The Morgan fingerprint density at radius 1 is 1.26 bits per heavy atom. The van der Waals surface area contributed by atoms with Gasteiger partial charge in [0, 0.05) is 17.9 Å². The highest BCUT2D eigenvalue weighted by Gasteiger charge is 2.17. The Labute approximate surface area is 143 Å². The van der Waals surface area contributed by atoms with Crippen LogP contribution in [0.25, 0.3) is 0 Å². The summed E-state index contributed by atoms with van der Waals surface area (Å²) in [5.74, 6) is 0.569. The van der Waals surface area contributed by atoms with E-state index >= 15 is 0 Å². The number of nitrogens with one attached hydrogen (secondary N) is 1. The van der Waals surface area contributed by atoms with Gasteiger partial charge in [-0.3, -0.25) is 4.79 Å². The summed E-state index contributed by atoms with van der Waals surface area (Å²) in [6.07, 6.45) is 2.30. The van der Waals surface area contributed by atoms with E-state index in [9.17, 15) is 4.79 Å². The van der Waals surface area contributed by atoms with Crippen LogP contribution in [-0.4, -0.2) is 25.2 Å². The van der Waals surface area contributed by atoms with Crippen LogP contribution >= 0.6 is 15.9 Å². The second-order valence-electron chi connectivity index (χ2n) is 5.41. The van der Waals surface area contributed by atoms with E-state index in [1.54, 1.807) is 18.2 Å². The van der Waals surface area contributed by atoms with Gasteiger partial charge in [0.1, 0.15) is 12.4 Å². The van der Waals surface area contributed by atoms with E-state index in [0.717, 1.165) is 35.4 Å². The lowest BCUT2D eigenvalue weighted by molar-refractivity contribution is 0.0677. The average Bonchev–Trinajstić information content (AvgIpc) is 3.08. The zero-order valence-electron chi connectivity index (χ0n) is 12.6. The lowest BCUT2D eigenvalue weighted by Gasteiger charge is -2.13. The molecule has 1 amide bonds. The highest BCUT2D eigenvalue weighted by molar-refractivity contribution is 9.10. The second kappa shape index (κ2) is 7.62. The van der Waals surface area contributed by atoms with Gasteiger partial charge in [-0.2, -0.15) is 0 Å². The van der Waals surface area contributed by atoms with Crippen LogP contribution in [0.15, 0.2) is 53.0 Å². The van der Waals surface area contributed by atoms with Crippen molar-refractivity contribution in [1.29, 1.82) is 0 Å². The maximum absolute atomic E-state index is 12.3. The number of hydrogen-bond acceptors (Lipinski definition) is 3. The maximum Gasteiger partial charge on any atom is 0.255 e. The summed E-state index contributed by atoms with van der Waals surface area (Å²) in [6, 6.07) is 14.7. The van der Waals surface area contributed by atoms with Gasteiger partial charge >= 0.3 is 0 Å². The van der Waals surface area contributed by atoms with E-state index < -0.39 is 0 Å². The van der Waals surface area contributed by atoms with Crippen LogP contribution in [0.1, 0.15) is 23.2 Å². The summed E-state index contributed by atoms with van der Waals surface area (Å²) in [5, 5.41) is 2.86. The normalized spacial score (nSPS) is 17.0. The number of ether oxygens (including phenoxy) is 2. The van der Waals surface area contributed by atoms with Crippen LogP contribution in [-0.2, 0) is 4.74 Å². The van der Waals surface area contributed by atoms with Gasteiger partial charge in [-0.1, -0.05) is 18.2 Å². The maximum atomic E-state index is 12.3. The highest BCUT2D eigenvalue weighted by Crippen LogP contribution is 2.27. The van der Waals surface area contributed by atoms with E-state index in [2.05, 4.69) is 21.2 Å². The Bertz CT molecular complexity index is 669. The molecule has 0 saturated carbocycles. The summed E-state index contributed by atoms with van der Waals surface area (Å²) in [6.45, 7) is 1.35. The van der Waals surface area contributed by atoms with Crippen molar-refractivity contribution in [1.82, 2.24) is 0 Å². The number of hydrogen-bond donors (Lipinski definition) is 1. The molecule has 1 heterocycles. The molecule has 1 atom stereocenters. The van der Waals surface area contributed by atoms with Gasteiger partial charge in [0.2, 0.25) is 0 Å². The van der Waals surface area contributed by atoms with E-state index in [4.69, 9.17) is 9.47 Å². The van der Waals surface area contributed by atoms with Crippen molar-refractivity contribution in [2.24, 2.45) is 0 Å². The second-order valence-corrected chi connectivity index (χ2v) is 6.27. The van der Waals surface area contributed by atoms with Crippen molar-refractivity contribution >= 4 is 27.5 Å². The molecule has 1 fully saturated rings. The van der Waals surface area contributed by atoms with Gasteiger partial charge in [0.15, 0.2) is 0 Å². The zero-order chi connectivity index (χ0) is 16.1. The summed E-state index contributed by atoms with van der Waals surface area (Å²) < 4.78 is 12.1. The molecule has 3 rings (SSSR count). The first kappa shape index (κ1) is 16.0. The molecule has 0 aromatic heterocycles. The van der Waals surface area contributed by atoms with Gasteiger partial charge < -0.3 is 14.8 Å². The number of benzene rings is 2. The third kappa shape index (κ3) is 4.33. The van der Waals surface area contributed by atoms with E-state index in [1.807, 2.05) is 30.3 Å². The molecule has 2 aromatic carbocycles. The quantitative estimate of drug-likeness (QED) is 0.848. The summed E-state index contributed by atoms with van der Waals surface area (Å²) in [7, 11) is 0. The lowest BCUT2D eigenvalue weighted by Crippen LogP contribution is -2.16. The Morgan fingerprint density at radius 2 is 2.09 bits per heavy atom. The molecule has 0 unspecified atom stereocenters. The molecule has 1 N–H and O–H groups in total. The fourth-order valence-corrected chi connectivity index (χ4v) is 2.94. The standard InChI is InChI=1S/C18H18BrNO3/c19-16-11-13(18(21)20-14-5-2-1-3-6-14)8-9-17(16)23-12-15-7-4-10-22-15/h1-3,5-6,8-9,11,15H,4,7,10,12H2,(H,20,21)/t15-/m1/s1. The summed E-state index contributed by atoms with van der Waals surface area (Å²) >= 11 is 3.46. The Hall–Kier alpha value is -1.85. The van der Waals surface area contributed by atoms with Crippen molar-refractivity contribution in [3.8, 4) is 5.75 Å². The van der Waals surface area contributed by atoms with E-state index in [0.29, 0.717) is 12.2 Å². The molecular weight excluding hydrogens is 358 g/mol. The van der Waals surface area contributed by atoms with Crippen molar-refractivity contribution in [3.63, 3.8) is 0 Å². The van der Waals surface area contributed by atoms with Crippen molar-refractivity contribution < 1.29 is 14.3 Å². The predicted octanol–water partition coefficient (Wildman–Crippen LogP) is 4.26. The van der Waals surface area contributed by atoms with Crippen LogP contribution in [0.4, 0.5) is 5.69 Å². The van der Waals surface area contributed by atoms with Gasteiger partial charge in [-0.15, -0.1) is 0 Å². The zero-order valence-corrected chi connectivity index (χ0v) is 14.2. The third-order valence-electron chi connectivity index (χ3n) is 3.67. The van der Waals surface area contributed by atoms with Gasteiger partial charge in [0.05, 0.1) is 10.6 Å². The molecular formula is C18H18BrNO3. The minimum atomic E-state index is -0.150. The van der Waals surface area contributed by atoms with E-state index in [-0.39, 0.29) is 12.0 Å². The van der Waals surface area contributed by atoms with Crippen LogP contribution < -0.4 is 10.1 Å². The number of carbonyl (C=O) groups is 1. The van der Waals surface area contributed by atoms with Crippen LogP contribution in [0.2, 0.25) is 0 Å². The Balaban J connectivity index is 1.62. The van der Waals surface area contributed by atoms with Crippen LogP contribution in [0, 0.1) is 0 Å². The minimum Gasteiger partial charge on any atom is -0.490 e. The molecule has 0 aliphatic carbocycles. The monoisotopic (exact) mass is 375 g/mol. The van der Waals surface area contributed by atoms with Crippen molar-refractivity contribution in [2.45, 2.75) is 18.9 Å². The van der Waals surface area contributed by atoms with Gasteiger partial charge in [-0.05, 0) is 59.1 Å². The molecule has 0 radical (unpaired) electrons. The molecule has 0 spiro atoms. The largest absolute Gasteiger partial charge is 0.490 e. The van der Waals surface area contributed by atoms with Crippen molar-refractivity contribution in [3.05, 3.63) is 58.6 Å². The molecule has 0 bridgehead atoms. The van der Waals surface area contributed by atoms with Crippen LogP contribution in [0.3, 0.4) is 0 Å². The van der Waals surface area contributed by atoms with E-state index in [1.165, 1.54) is 0 Å². The molecule has 5 heteroatoms. The molecule has 1 aliphatic heterocycles. The molecule has 1 saturated heterocycles. The first-order valence-corrected chi connectivity index (χ1v) is 8.42. The molecule has 120 valence electrons. The predicted molar refractivity (Wildman–Crippen MR) is 93.0 cm³/mol.